The van der Waals surface area contributed by atoms with E-state index < -0.39 is 0 Å². The fraction of sp³-hybridized carbons (Fsp3) is 0.316. The van der Waals surface area contributed by atoms with Gasteiger partial charge in [-0.05, 0) is 23.8 Å². The van der Waals surface area contributed by atoms with Gasteiger partial charge < -0.3 is 18.9 Å². The summed E-state index contributed by atoms with van der Waals surface area (Å²) in [5.41, 5.74) is 2.01. The summed E-state index contributed by atoms with van der Waals surface area (Å²) in [7, 11) is 1.39. The lowest BCUT2D eigenvalue weighted by atomic mass is 9.97. The van der Waals surface area contributed by atoms with Crippen LogP contribution in [0.4, 0.5) is 0 Å². The second-order valence-corrected chi connectivity index (χ2v) is 7.01. The van der Waals surface area contributed by atoms with Gasteiger partial charge in [0.05, 0.1) is 20.1 Å². The monoisotopic (exact) mass is 404 g/mol. The first-order chi connectivity index (χ1) is 12.1. The first-order valence-corrected chi connectivity index (χ1v) is 8.86. The molecule has 2 aromatic rings. The molecule has 2 atom stereocenters. The minimum atomic E-state index is -0.244. The predicted octanol–water partition coefficient (Wildman–Crippen LogP) is 4.00. The fourth-order valence-electron chi connectivity index (χ4n) is 3.16. The summed E-state index contributed by atoms with van der Waals surface area (Å²) in [4.78, 5) is 11.6. The van der Waals surface area contributed by atoms with E-state index in [4.69, 9.17) is 18.9 Å². The number of esters is 1. The summed E-state index contributed by atoms with van der Waals surface area (Å²) >= 11 is 3.48. The second-order valence-electron chi connectivity index (χ2n) is 6.10. The van der Waals surface area contributed by atoms with Crippen LogP contribution in [0.1, 0.15) is 29.6 Å². The van der Waals surface area contributed by atoms with Crippen LogP contribution in [0, 0.1) is 0 Å². The van der Waals surface area contributed by atoms with Crippen molar-refractivity contribution in [3.8, 4) is 17.2 Å². The molecule has 2 unspecified atom stereocenters. The average Bonchev–Trinajstić information content (AvgIpc) is 3.01. The Balaban J connectivity index is 1.58. The van der Waals surface area contributed by atoms with Gasteiger partial charge in [-0.3, -0.25) is 4.79 Å². The molecule has 2 heterocycles. The molecule has 0 aromatic heterocycles. The number of ether oxygens (including phenoxy) is 4. The van der Waals surface area contributed by atoms with Crippen molar-refractivity contribution in [2.24, 2.45) is 0 Å². The van der Waals surface area contributed by atoms with Crippen molar-refractivity contribution < 1.29 is 23.7 Å². The number of halogens is 1. The van der Waals surface area contributed by atoms with E-state index in [-0.39, 0.29) is 18.0 Å². The third-order valence-corrected chi connectivity index (χ3v) is 4.97. The molecule has 0 radical (unpaired) electrons. The molecular formula is C19H17BrO5. The average molecular weight is 405 g/mol. The lowest BCUT2D eigenvalue weighted by molar-refractivity contribution is -0.141. The molecular weight excluding hydrogens is 388 g/mol. The van der Waals surface area contributed by atoms with Crippen LogP contribution in [0.3, 0.4) is 0 Å². The molecule has 6 heteroatoms. The maximum absolute atomic E-state index is 11.6. The van der Waals surface area contributed by atoms with Crippen molar-refractivity contribution >= 4 is 21.9 Å². The minimum Gasteiger partial charge on any atom is -0.492 e. The van der Waals surface area contributed by atoms with Gasteiger partial charge in [-0.15, -0.1) is 0 Å². The van der Waals surface area contributed by atoms with Gasteiger partial charge in [0.1, 0.15) is 12.4 Å². The van der Waals surface area contributed by atoms with Crippen molar-refractivity contribution in [3.63, 3.8) is 0 Å². The van der Waals surface area contributed by atoms with Crippen LogP contribution in [-0.2, 0) is 9.53 Å². The van der Waals surface area contributed by atoms with Crippen molar-refractivity contribution in [3.05, 3.63) is 52.0 Å². The van der Waals surface area contributed by atoms with Gasteiger partial charge in [-0.1, -0.05) is 28.1 Å². The first-order valence-electron chi connectivity index (χ1n) is 8.06. The van der Waals surface area contributed by atoms with Crippen LogP contribution in [0.2, 0.25) is 0 Å². The molecule has 130 valence electrons. The minimum absolute atomic E-state index is 0.0147. The Morgan fingerprint density at radius 2 is 2.00 bits per heavy atom. The molecule has 2 aromatic carbocycles. The Bertz CT molecular complexity index is 819. The second kappa shape index (κ2) is 6.59. The van der Waals surface area contributed by atoms with Crippen LogP contribution in [0.25, 0.3) is 0 Å². The van der Waals surface area contributed by atoms with Crippen LogP contribution in [0.5, 0.6) is 17.2 Å². The van der Waals surface area contributed by atoms with E-state index in [1.165, 1.54) is 7.11 Å². The maximum Gasteiger partial charge on any atom is 0.306 e. The van der Waals surface area contributed by atoms with Gasteiger partial charge in [0, 0.05) is 22.0 Å². The highest BCUT2D eigenvalue weighted by Crippen LogP contribution is 2.46. The molecule has 0 spiro atoms. The van der Waals surface area contributed by atoms with Crippen molar-refractivity contribution in [1.82, 2.24) is 0 Å². The maximum atomic E-state index is 11.6. The molecule has 0 saturated carbocycles. The van der Waals surface area contributed by atoms with E-state index in [9.17, 15) is 4.79 Å². The number of methoxy groups -OCH3 is 1. The van der Waals surface area contributed by atoms with E-state index in [1.54, 1.807) is 0 Å². The third kappa shape index (κ3) is 3.18. The molecule has 2 aliphatic heterocycles. The van der Waals surface area contributed by atoms with E-state index in [2.05, 4.69) is 15.9 Å². The summed E-state index contributed by atoms with van der Waals surface area (Å²) in [5, 5.41) is 0. The fourth-order valence-corrected chi connectivity index (χ4v) is 3.58. The highest BCUT2D eigenvalue weighted by atomic mass is 79.9. The first kappa shape index (κ1) is 16.3. The Labute approximate surface area is 154 Å². The van der Waals surface area contributed by atoms with Gasteiger partial charge in [0.25, 0.3) is 0 Å². The van der Waals surface area contributed by atoms with Crippen LogP contribution < -0.4 is 14.2 Å². The number of hydrogen-bond acceptors (Lipinski definition) is 5. The number of benzene rings is 2. The molecule has 5 nitrogen and oxygen atoms in total. The number of carbonyl (C=O) groups is 1. The zero-order valence-electron chi connectivity index (χ0n) is 13.7. The zero-order valence-corrected chi connectivity index (χ0v) is 15.2. The Kier molecular flexibility index (Phi) is 4.29. The number of hydrogen-bond donors (Lipinski definition) is 0. The Morgan fingerprint density at radius 1 is 1.16 bits per heavy atom. The highest BCUT2D eigenvalue weighted by molar-refractivity contribution is 9.10. The highest BCUT2D eigenvalue weighted by Gasteiger charge is 2.31. The molecule has 0 saturated heterocycles. The largest absolute Gasteiger partial charge is 0.492 e. The lowest BCUT2D eigenvalue weighted by Gasteiger charge is -2.27. The van der Waals surface area contributed by atoms with Gasteiger partial charge in [-0.25, -0.2) is 0 Å². The van der Waals surface area contributed by atoms with Gasteiger partial charge in [0.15, 0.2) is 17.6 Å². The molecule has 0 amide bonds. The summed E-state index contributed by atoms with van der Waals surface area (Å²) in [6.45, 7) is 0.896. The Hall–Kier alpha value is -2.21. The standard InChI is InChI=1S/C19H17BrO5/c1-22-19(21)6-12-9-23-15-8-17-16(7-14(12)15)24-10-18(25-17)11-3-2-4-13(20)5-11/h2-5,7-8,12,18H,6,9-10H2,1H3. The van der Waals surface area contributed by atoms with Crippen LogP contribution >= 0.6 is 15.9 Å². The number of fused-ring (bicyclic) bond motifs is 2. The zero-order chi connectivity index (χ0) is 17.4. The predicted molar refractivity (Wildman–Crippen MR) is 94.3 cm³/mol. The molecule has 0 bridgehead atoms. The molecule has 0 N–H and O–H groups in total. The molecule has 2 aliphatic rings. The molecule has 0 aliphatic carbocycles. The van der Waals surface area contributed by atoms with Crippen molar-refractivity contribution in [1.29, 1.82) is 0 Å². The molecule has 4 rings (SSSR count). The summed E-state index contributed by atoms with van der Waals surface area (Å²) in [6, 6.07) is 11.8. The number of rotatable bonds is 3. The topological polar surface area (TPSA) is 54.0 Å². The summed E-state index contributed by atoms with van der Waals surface area (Å²) < 4.78 is 23.5. The van der Waals surface area contributed by atoms with E-state index in [1.807, 2.05) is 36.4 Å². The normalized spacial score (nSPS) is 20.6. The Morgan fingerprint density at radius 3 is 2.80 bits per heavy atom. The summed E-state index contributed by atoms with van der Waals surface area (Å²) in [6.07, 6.45) is 0.124. The van der Waals surface area contributed by atoms with Gasteiger partial charge >= 0.3 is 5.97 Å². The van der Waals surface area contributed by atoms with Crippen molar-refractivity contribution in [2.45, 2.75) is 18.4 Å². The summed E-state index contributed by atoms with van der Waals surface area (Å²) in [5.74, 6) is 1.83. The van der Waals surface area contributed by atoms with Crippen molar-refractivity contribution in [2.75, 3.05) is 20.3 Å². The van der Waals surface area contributed by atoms with Crippen LogP contribution in [-0.4, -0.2) is 26.3 Å². The molecule has 0 fully saturated rings. The van der Waals surface area contributed by atoms with Gasteiger partial charge in [-0.2, -0.15) is 0 Å². The van der Waals surface area contributed by atoms with E-state index in [0.29, 0.717) is 31.1 Å². The smallest absolute Gasteiger partial charge is 0.306 e. The quantitative estimate of drug-likeness (QED) is 0.723. The van der Waals surface area contributed by atoms with Gasteiger partial charge in [0.2, 0.25) is 0 Å². The SMILES string of the molecule is COC(=O)CC1COc2cc3c(cc21)OCC(c1cccc(Br)c1)O3. The van der Waals surface area contributed by atoms with E-state index >= 15 is 0 Å². The van der Waals surface area contributed by atoms with E-state index in [0.717, 1.165) is 21.3 Å². The van der Waals surface area contributed by atoms with Crippen LogP contribution in [0.15, 0.2) is 40.9 Å². The number of carbonyl (C=O) groups excluding carboxylic acids is 1. The third-order valence-electron chi connectivity index (χ3n) is 4.48. The molecule has 25 heavy (non-hydrogen) atoms. The lowest BCUT2D eigenvalue weighted by Crippen LogP contribution is -2.21.